The highest BCUT2D eigenvalue weighted by atomic mass is 16.5. The zero-order chi connectivity index (χ0) is 17.6. The molecule has 2 aliphatic heterocycles. The highest BCUT2D eigenvalue weighted by molar-refractivity contribution is 5.96. The molecule has 1 aromatic carbocycles. The van der Waals surface area contributed by atoms with Crippen molar-refractivity contribution in [1.82, 2.24) is 0 Å². The third kappa shape index (κ3) is 4.70. The second-order valence-electron chi connectivity index (χ2n) is 6.31. The van der Waals surface area contributed by atoms with Crippen molar-refractivity contribution in [3.63, 3.8) is 0 Å². The van der Waals surface area contributed by atoms with Crippen molar-refractivity contribution in [3.05, 3.63) is 24.3 Å². The first-order valence-electron chi connectivity index (χ1n) is 8.66. The molecule has 0 aromatic heterocycles. The summed E-state index contributed by atoms with van der Waals surface area (Å²) in [6, 6.07) is 7.17. The van der Waals surface area contributed by atoms with E-state index in [0.29, 0.717) is 30.9 Å². The third-order valence-corrected chi connectivity index (χ3v) is 4.43. The van der Waals surface area contributed by atoms with E-state index < -0.39 is 18.2 Å². The molecule has 2 aliphatic rings. The van der Waals surface area contributed by atoms with E-state index in [1.54, 1.807) is 18.2 Å². The molecule has 2 fully saturated rings. The Labute approximate surface area is 146 Å². The van der Waals surface area contributed by atoms with Crippen molar-refractivity contribution in [2.75, 3.05) is 18.5 Å². The Bertz CT molecular complexity index is 613. The van der Waals surface area contributed by atoms with Crippen LogP contribution in [0.25, 0.3) is 0 Å². The van der Waals surface area contributed by atoms with E-state index in [2.05, 4.69) is 5.32 Å². The van der Waals surface area contributed by atoms with Crippen LogP contribution in [0.2, 0.25) is 0 Å². The van der Waals surface area contributed by atoms with Crippen LogP contribution in [0.4, 0.5) is 5.69 Å². The second-order valence-corrected chi connectivity index (χ2v) is 6.31. The van der Waals surface area contributed by atoms with Gasteiger partial charge in [-0.05, 0) is 44.2 Å². The molecule has 0 saturated carbocycles. The number of benzene rings is 1. The fourth-order valence-corrected chi connectivity index (χ4v) is 3.04. The van der Waals surface area contributed by atoms with Gasteiger partial charge in [-0.15, -0.1) is 0 Å². The van der Waals surface area contributed by atoms with Gasteiger partial charge in [0.05, 0.1) is 11.8 Å². The first-order valence-corrected chi connectivity index (χ1v) is 8.66. The Hall–Kier alpha value is -2.12. The Morgan fingerprint density at radius 2 is 1.96 bits per heavy atom. The molecule has 3 atom stereocenters. The number of nitrogens with one attached hydrogen (secondary N) is 1. The molecule has 7 heteroatoms. The number of carbonyl (C=O) groups excluding carboxylic acids is 1. The Morgan fingerprint density at radius 3 is 2.68 bits per heavy atom. The molecule has 2 N–H and O–H groups in total. The van der Waals surface area contributed by atoms with Crippen LogP contribution in [0, 0.1) is 0 Å². The minimum Gasteiger partial charge on any atom is -0.489 e. The molecule has 0 radical (unpaired) electrons. The molecule has 136 valence electrons. The first kappa shape index (κ1) is 17.7. The summed E-state index contributed by atoms with van der Waals surface area (Å²) >= 11 is 0. The van der Waals surface area contributed by atoms with Gasteiger partial charge in [-0.3, -0.25) is 4.79 Å². The molecule has 0 bridgehead atoms. The SMILES string of the molecule is O=C(Nc1ccccc1OCC1CCCCO1)[C@@H]1CC[C@H](C(=O)O)O1. The molecule has 1 unspecified atom stereocenters. The zero-order valence-electron chi connectivity index (χ0n) is 14.0. The number of rotatable bonds is 6. The molecule has 7 nitrogen and oxygen atoms in total. The quantitative estimate of drug-likeness (QED) is 0.818. The molecule has 25 heavy (non-hydrogen) atoms. The van der Waals surface area contributed by atoms with Crippen LogP contribution in [-0.2, 0) is 19.1 Å². The fraction of sp³-hybridized carbons (Fsp3) is 0.556. The van der Waals surface area contributed by atoms with Gasteiger partial charge < -0.3 is 24.6 Å². The van der Waals surface area contributed by atoms with Crippen molar-refractivity contribution < 1.29 is 28.9 Å². The Morgan fingerprint density at radius 1 is 1.16 bits per heavy atom. The average Bonchev–Trinajstić information content (AvgIpc) is 3.12. The average molecular weight is 349 g/mol. The molecule has 3 rings (SSSR count). The predicted molar refractivity (Wildman–Crippen MR) is 89.7 cm³/mol. The van der Waals surface area contributed by atoms with E-state index >= 15 is 0 Å². The number of para-hydroxylation sites is 2. The Kier molecular flexibility index (Phi) is 5.88. The number of carboxylic acid groups (broad SMARTS) is 1. The van der Waals surface area contributed by atoms with Gasteiger partial charge in [0.2, 0.25) is 0 Å². The largest absolute Gasteiger partial charge is 0.489 e. The number of hydrogen-bond donors (Lipinski definition) is 2. The van der Waals surface area contributed by atoms with E-state index in [4.69, 9.17) is 19.3 Å². The molecule has 1 aromatic rings. The first-order chi connectivity index (χ1) is 12.1. The lowest BCUT2D eigenvalue weighted by atomic mass is 10.1. The van der Waals surface area contributed by atoms with Gasteiger partial charge in [-0.25, -0.2) is 4.79 Å². The molecule has 2 saturated heterocycles. The highest BCUT2D eigenvalue weighted by Gasteiger charge is 2.35. The van der Waals surface area contributed by atoms with Crippen LogP contribution in [0.5, 0.6) is 5.75 Å². The van der Waals surface area contributed by atoms with E-state index in [1.165, 1.54) is 0 Å². The smallest absolute Gasteiger partial charge is 0.332 e. The van der Waals surface area contributed by atoms with Crippen LogP contribution in [0.3, 0.4) is 0 Å². The van der Waals surface area contributed by atoms with Crippen LogP contribution in [-0.4, -0.2) is 48.5 Å². The second kappa shape index (κ2) is 8.31. The minimum absolute atomic E-state index is 0.0759. The zero-order valence-corrected chi connectivity index (χ0v) is 14.0. The molecule has 1 amide bonds. The van der Waals surface area contributed by atoms with Gasteiger partial charge in [0, 0.05) is 6.61 Å². The van der Waals surface area contributed by atoms with Crippen LogP contribution < -0.4 is 10.1 Å². The van der Waals surface area contributed by atoms with E-state index in [-0.39, 0.29) is 12.0 Å². The van der Waals surface area contributed by atoms with Crippen molar-refractivity contribution >= 4 is 17.6 Å². The predicted octanol–water partition coefficient (Wildman–Crippen LogP) is 2.21. The topological polar surface area (TPSA) is 94.1 Å². The molecule has 2 heterocycles. The van der Waals surface area contributed by atoms with Gasteiger partial charge in [0.1, 0.15) is 18.5 Å². The lowest BCUT2D eigenvalue weighted by molar-refractivity contribution is -0.150. The maximum Gasteiger partial charge on any atom is 0.332 e. The third-order valence-electron chi connectivity index (χ3n) is 4.43. The number of carboxylic acids is 1. The standard InChI is InChI=1S/C18H23NO6/c20-17(15-8-9-16(25-15)18(21)22)19-13-6-1-2-7-14(13)24-11-12-5-3-4-10-23-12/h1-2,6-7,12,15-16H,3-5,8-11H2,(H,19,20)(H,21,22)/t12?,15-,16+/m0/s1. The number of carbonyl (C=O) groups is 2. The molecule has 0 aliphatic carbocycles. The minimum atomic E-state index is -1.04. The Balaban J connectivity index is 1.57. The fourth-order valence-electron chi connectivity index (χ4n) is 3.04. The van der Waals surface area contributed by atoms with Gasteiger partial charge in [-0.1, -0.05) is 12.1 Å². The molecular weight excluding hydrogens is 326 g/mol. The van der Waals surface area contributed by atoms with E-state index in [0.717, 1.165) is 25.9 Å². The normalized spacial score (nSPS) is 26.2. The van der Waals surface area contributed by atoms with Crippen molar-refractivity contribution in [1.29, 1.82) is 0 Å². The lowest BCUT2D eigenvalue weighted by Crippen LogP contribution is -2.30. The summed E-state index contributed by atoms with van der Waals surface area (Å²) < 4.78 is 16.8. The highest BCUT2D eigenvalue weighted by Crippen LogP contribution is 2.27. The van der Waals surface area contributed by atoms with Crippen molar-refractivity contribution in [2.45, 2.75) is 50.4 Å². The monoisotopic (exact) mass is 349 g/mol. The van der Waals surface area contributed by atoms with Gasteiger partial charge in [0.15, 0.2) is 6.10 Å². The number of amides is 1. The van der Waals surface area contributed by atoms with E-state index in [1.807, 2.05) is 6.07 Å². The van der Waals surface area contributed by atoms with Gasteiger partial charge in [-0.2, -0.15) is 0 Å². The van der Waals surface area contributed by atoms with Crippen LogP contribution in [0.15, 0.2) is 24.3 Å². The molecule has 0 spiro atoms. The van der Waals surface area contributed by atoms with Crippen molar-refractivity contribution in [2.24, 2.45) is 0 Å². The summed E-state index contributed by atoms with van der Waals surface area (Å²) in [6.07, 6.45) is 2.33. The summed E-state index contributed by atoms with van der Waals surface area (Å²) in [5.74, 6) is -0.821. The van der Waals surface area contributed by atoms with Gasteiger partial charge >= 0.3 is 5.97 Å². The summed E-state index contributed by atoms with van der Waals surface area (Å²) in [5.41, 5.74) is 0.547. The number of hydrogen-bond acceptors (Lipinski definition) is 5. The number of ether oxygens (including phenoxy) is 3. The van der Waals surface area contributed by atoms with Crippen LogP contribution >= 0.6 is 0 Å². The summed E-state index contributed by atoms with van der Waals surface area (Å²) in [4.78, 5) is 23.3. The van der Waals surface area contributed by atoms with Gasteiger partial charge in [0.25, 0.3) is 5.91 Å². The number of anilines is 1. The lowest BCUT2D eigenvalue weighted by Gasteiger charge is -2.23. The number of aliphatic carboxylic acids is 1. The molecular formula is C18H23NO6. The van der Waals surface area contributed by atoms with Crippen LogP contribution in [0.1, 0.15) is 32.1 Å². The summed E-state index contributed by atoms with van der Waals surface area (Å²) in [6.45, 7) is 1.20. The van der Waals surface area contributed by atoms with Crippen molar-refractivity contribution in [3.8, 4) is 5.75 Å². The summed E-state index contributed by atoms with van der Waals surface area (Å²) in [7, 11) is 0. The maximum absolute atomic E-state index is 12.3. The summed E-state index contributed by atoms with van der Waals surface area (Å²) in [5, 5.41) is 11.7. The maximum atomic E-state index is 12.3. The van der Waals surface area contributed by atoms with E-state index in [9.17, 15) is 9.59 Å².